The molecule has 6 rings (SSSR count). The van der Waals surface area contributed by atoms with E-state index in [-0.39, 0.29) is 17.7 Å². The lowest BCUT2D eigenvalue weighted by Crippen LogP contribution is -2.54. The first-order chi connectivity index (χ1) is 24.3. The van der Waals surface area contributed by atoms with Gasteiger partial charge in [0.05, 0.1) is 0 Å². The lowest BCUT2D eigenvalue weighted by molar-refractivity contribution is -0.142. The number of fused-ring (bicyclic) bond motifs is 1. The number of aromatic nitrogens is 1. The Morgan fingerprint density at radius 2 is 1.39 bits per heavy atom. The summed E-state index contributed by atoms with van der Waals surface area (Å²) in [6, 6.07) is 21.5. The average Bonchev–Trinajstić information content (AvgIpc) is 3.87. The Bertz CT molecular complexity index is 1950. The Morgan fingerprint density at radius 3 is 2.00 bits per heavy atom. The van der Waals surface area contributed by atoms with Crippen LogP contribution < -0.4 is 10.6 Å². The fourth-order valence-electron chi connectivity index (χ4n) is 7.25. The highest BCUT2D eigenvalue weighted by molar-refractivity contribution is 6.00. The first-order valence-corrected chi connectivity index (χ1v) is 17.3. The van der Waals surface area contributed by atoms with E-state index < -0.39 is 35.7 Å². The minimum atomic E-state index is -1.21. The number of hydrogen-bond acceptors (Lipinski definition) is 5. The molecule has 2 aliphatic rings. The maximum absolute atomic E-state index is 14.2. The van der Waals surface area contributed by atoms with Gasteiger partial charge in [-0.25, -0.2) is 4.79 Å². The molecule has 2 fully saturated rings. The monoisotopic (exact) mass is 692 g/mol. The van der Waals surface area contributed by atoms with Crippen molar-refractivity contribution < 1.29 is 29.1 Å². The van der Waals surface area contributed by atoms with E-state index in [2.05, 4.69) is 15.6 Å². The second-order valence-electron chi connectivity index (χ2n) is 14.2. The third kappa shape index (κ3) is 7.45. The molecule has 0 unspecified atom stereocenters. The van der Waals surface area contributed by atoms with Crippen LogP contribution in [0.25, 0.3) is 22.2 Å². The van der Waals surface area contributed by atoms with Crippen molar-refractivity contribution in [2.45, 2.75) is 77.0 Å². The molecule has 4 aromatic rings. The second-order valence-corrected chi connectivity index (χ2v) is 14.2. The van der Waals surface area contributed by atoms with Crippen LogP contribution in [-0.2, 0) is 19.2 Å². The fraction of sp³-hybridized carbons (Fsp3) is 0.359. The van der Waals surface area contributed by atoms with Crippen molar-refractivity contribution in [2.75, 3.05) is 23.7 Å². The third-order valence-corrected chi connectivity index (χ3v) is 9.69. The van der Waals surface area contributed by atoms with Gasteiger partial charge < -0.3 is 30.5 Å². The molecule has 0 spiro atoms. The summed E-state index contributed by atoms with van der Waals surface area (Å²) in [6.07, 6.45) is 1.32. The first-order valence-electron chi connectivity index (χ1n) is 17.3. The van der Waals surface area contributed by atoms with E-state index in [4.69, 9.17) is 0 Å². The van der Waals surface area contributed by atoms with Crippen LogP contribution in [0.4, 0.5) is 16.2 Å². The number of carboxylic acid groups (broad SMARTS) is 1. The van der Waals surface area contributed by atoms with Gasteiger partial charge in [-0.1, -0.05) is 42.5 Å². The van der Waals surface area contributed by atoms with Gasteiger partial charge in [0.1, 0.15) is 18.1 Å². The lowest BCUT2D eigenvalue weighted by atomic mass is 9.97. The van der Waals surface area contributed by atoms with Gasteiger partial charge in [0.25, 0.3) is 5.91 Å². The number of carbonyl (C=O) groups excluding carboxylic acids is 4. The molecule has 1 aromatic heterocycles. The van der Waals surface area contributed by atoms with Crippen molar-refractivity contribution in [3.63, 3.8) is 0 Å². The molecule has 0 radical (unpaired) electrons. The molecule has 51 heavy (non-hydrogen) atoms. The summed E-state index contributed by atoms with van der Waals surface area (Å²) in [5.41, 5.74) is 3.51. The van der Waals surface area contributed by atoms with Gasteiger partial charge in [0, 0.05) is 53.5 Å². The van der Waals surface area contributed by atoms with E-state index in [1.807, 2.05) is 42.5 Å². The molecular formula is C39H44N6O6. The molecule has 5 amide bonds. The van der Waals surface area contributed by atoms with Crippen LogP contribution in [0, 0.1) is 0 Å². The molecule has 3 aromatic carbocycles. The van der Waals surface area contributed by atoms with Crippen molar-refractivity contribution >= 4 is 52.0 Å². The maximum atomic E-state index is 14.2. The molecule has 3 heterocycles. The molecule has 0 saturated carbocycles. The zero-order valence-corrected chi connectivity index (χ0v) is 29.3. The van der Waals surface area contributed by atoms with E-state index >= 15 is 0 Å². The van der Waals surface area contributed by atoms with E-state index in [1.165, 1.54) is 11.8 Å². The predicted molar refractivity (Wildman–Crippen MR) is 195 cm³/mol. The number of amides is 5. The predicted octanol–water partition coefficient (Wildman–Crippen LogP) is 6.23. The maximum Gasteiger partial charge on any atom is 0.408 e. The van der Waals surface area contributed by atoms with Crippen molar-refractivity contribution in [2.24, 2.45) is 0 Å². The summed E-state index contributed by atoms with van der Waals surface area (Å²) in [4.78, 5) is 72.8. The quantitative estimate of drug-likeness (QED) is 0.172. The highest BCUT2D eigenvalue weighted by Gasteiger charge is 2.44. The highest BCUT2D eigenvalue weighted by atomic mass is 16.4. The fourth-order valence-corrected chi connectivity index (χ4v) is 7.25. The normalized spacial score (nSPS) is 18.0. The largest absolute Gasteiger partial charge is 0.465 e. The van der Waals surface area contributed by atoms with Crippen LogP contribution in [0.15, 0.2) is 78.9 Å². The van der Waals surface area contributed by atoms with Gasteiger partial charge in [-0.2, -0.15) is 0 Å². The number of likely N-dealkylation sites (tertiary alicyclic amines) is 2. The minimum Gasteiger partial charge on any atom is -0.465 e. The van der Waals surface area contributed by atoms with Crippen LogP contribution in [-0.4, -0.2) is 85.2 Å². The number of nitrogens with one attached hydrogen (secondary N) is 3. The molecule has 2 aliphatic heterocycles. The van der Waals surface area contributed by atoms with Gasteiger partial charge in [0.2, 0.25) is 17.7 Å². The number of nitrogens with zero attached hydrogens (tertiary/aromatic N) is 3. The summed E-state index contributed by atoms with van der Waals surface area (Å²) in [6.45, 7) is 7.67. The highest BCUT2D eigenvalue weighted by Crippen LogP contribution is 2.34. The van der Waals surface area contributed by atoms with Crippen LogP contribution in [0.3, 0.4) is 0 Å². The van der Waals surface area contributed by atoms with Crippen LogP contribution in [0.5, 0.6) is 0 Å². The van der Waals surface area contributed by atoms with Crippen LogP contribution in [0.1, 0.15) is 65.0 Å². The Kier molecular flexibility index (Phi) is 9.86. The number of H-pyrrole nitrogens is 1. The van der Waals surface area contributed by atoms with E-state index in [1.54, 1.807) is 62.1 Å². The first kappa shape index (κ1) is 35.2. The molecule has 12 nitrogen and oxygen atoms in total. The van der Waals surface area contributed by atoms with Crippen molar-refractivity contribution in [3.8, 4) is 11.3 Å². The van der Waals surface area contributed by atoms with Crippen molar-refractivity contribution in [1.29, 1.82) is 0 Å². The molecule has 4 N–H and O–H groups in total. The topological polar surface area (TPSA) is 155 Å². The molecule has 0 aliphatic carbocycles. The number of anilines is 2. The zero-order valence-electron chi connectivity index (χ0n) is 29.3. The molecule has 266 valence electrons. The number of benzene rings is 3. The lowest BCUT2D eigenvalue weighted by Gasteiger charge is -2.41. The Balaban J connectivity index is 1.14. The van der Waals surface area contributed by atoms with Crippen LogP contribution in [0.2, 0.25) is 0 Å². The van der Waals surface area contributed by atoms with Gasteiger partial charge >= 0.3 is 6.09 Å². The Hall–Kier alpha value is -5.65. The molecule has 3 atom stereocenters. The Labute approximate surface area is 296 Å². The molecule has 12 heteroatoms. The second kappa shape index (κ2) is 14.3. The van der Waals surface area contributed by atoms with Gasteiger partial charge in [-0.15, -0.1) is 0 Å². The third-order valence-electron chi connectivity index (χ3n) is 9.69. The Morgan fingerprint density at radius 1 is 0.804 bits per heavy atom. The van der Waals surface area contributed by atoms with Gasteiger partial charge in [0.15, 0.2) is 0 Å². The van der Waals surface area contributed by atoms with Gasteiger partial charge in [-0.05, 0) is 94.0 Å². The number of aromatic amines is 1. The summed E-state index contributed by atoms with van der Waals surface area (Å²) >= 11 is 0. The van der Waals surface area contributed by atoms with E-state index in [0.29, 0.717) is 49.3 Å². The van der Waals surface area contributed by atoms with Crippen LogP contribution >= 0.6 is 0 Å². The number of rotatable bonds is 8. The summed E-state index contributed by atoms with van der Waals surface area (Å²) in [5, 5.41) is 17.0. The van der Waals surface area contributed by atoms with Crippen molar-refractivity contribution in [1.82, 2.24) is 19.7 Å². The SMILES string of the molecule is CC(=O)N1CCC[C@H]1C(=O)Nc1ccc2[nH]c(-c3ccc(NC(=O)[C@@H]4CCCN4C(=O)[C@H](c4ccccc4)N(C(=O)O)C(C)(C)C)cc3)cc2c1. The minimum absolute atomic E-state index is 0.0998. The average molecular weight is 693 g/mol. The standard InChI is InChI=1S/C39H44N6O6/c1-24(46)43-20-8-12-32(43)35(47)41-29-18-19-30-27(22-29)23-31(42-30)25-14-16-28(17-15-25)40-36(48)33-13-9-21-44(33)37(49)34(26-10-6-5-7-11-26)45(38(50)51)39(2,3)4/h5-7,10-11,14-19,22-23,32-34,42H,8-9,12-13,20-21H2,1-4H3,(H,40,48)(H,41,47)(H,50,51)/t32-,33-,34-/m0/s1. The molecule has 2 saturated heterocycles. The zero-order chi connectivity index (χ0) is 36.4. The van der Waals surface area contributed by atoms with Gasteiger partial charge in [-0.3, -0.25) is 24.1 Å². The smallest absolute Gasteiger partial charge is 0.408 e. The number of carbonyl (C=O) groups is 5. The van der Waals surface area contributed by atoms with Crippen molar-refractivity contribution in [3.05, 3.63) is 84.4 Å². The summed E-state index contributed by atoms with van der Waals surface area (Å²) in [7, 11) is 0. The summed E-state index contributed by atoms with van der Waals surface area (Å²) < 4.78 is 0. The summed E-state index contributed by atoms with van der Waals surface area (Å²) in [5.74, 6) is -1.05. The van der Waals surface area contributed by atoms with E-state index in [9.17, 15) is 29.1 Å². The molecule has 0 bridgehead atoms. The molecular weight excluding hydrogens is 648 g/mol. The van der Waals surface area contributed by atoms with E-state index in [0.717, 1.165) is 33.5 Å². The number of hydrogen-bond donors (Lipinski definition) is 4.